The summed E-state index contributed by atoms with van der Waals surface area (Å²) in [4.78, 5) is 41.0. The van der Waals surface area contributed by atoms with Gasteiger partial charge < -0.3 is 15.3 Å². The van der Waals surface area contributed by atoms with Gasteiger partial charge >= 0.3 is 0 Å². The predicted octanol–water partition coefficient (Wildman–Crippen LogP) is 0.822. The first-order valence-electron chi connectivity index (χ1n) is 11.7. The summed E-state index contributed by atoms with van der Waals surface area (Å²) in [6, 6.07) is 5.78. The Bertz CT molecular complexity index is 976. The minimum atomic E-state index is -0.674. The van der Waals surface area contributed by atoms with Crippen LogP contribution in [0.2, 0.25) is 0 Å². The number of pyridine rings is 1. The molecule has 1 fully saturated rings. The lowest BCUT2D eigenvalue weighted by molar-refractivity contribution is -0.130. The Balaban J connectivity index is 1.23. The number of carbonyl (C=O) groups is 2. The van der Waals surface area contributed by atoms with Gasteiger partial charge in [0.05, 0.1) is 11.8 Å². The van der Waals surface area contributed by atoms with Gasteiger partial charge in [-0.1, -0.05) is 6.07 Å². The van der Waals surface area contributed by atoms with Crippen LogP contribution in [0.1, 0.15) is 47.2 Å². The van der Waals surface area contributed by atoms with E-state index in [-0.39, 0.29) is 18.4 Å². The van der Waals surface area contributed by atoms with Gasteiger partial charge in [-0.05, 0) is 49.3 Å². The van der Waals surface area contributed by atoms with Gasteiger partial charge in [-0.15, -0.1) is 0 Å². The molecule has 2 aliphatic rings. The summed E-state index contributed by atoms with van der Waals surface area (Å²) in [7, 11) is 0. The van der Waals surface area contributed by atoms with Crippen molar-refractivity contribution in [1.29, 1.82) is 0 Å². The van der Waals surface area contributed by atoms with Gasteiger partial charge in [-0.3, -0.25) is 19.5 Å². The number of nitrogens with zero attached hydrogens (tertiary/aromatic N) is 5. The number of β-amino-alcohol motifs (C(OH)–C–C–N with tert-alkyl or cyclic N) is 1. The normalized spacial score (nSPS) is 17.9. The van der Waals surface area contributed by atoms with E-state index in [0.29, 0.717) is 24.7 Å². The van der Waals surface area contributed by atoms with Crippen molar-refractivity contribution in [1.82, 2.24) is 30.1 Å². The van der Waals surface area contributed by atoms with E-state index in [2.05, 4.69) is 31.2 Å². The number of aliphatic hydroxyl groups excluding tert-OH is 1. The van der Waals surface area contributed by atoms with Gasteiger partial charge in [-0.25, -0.2) is 9.97 Å². The lowest BCUT2D eigenvalue weighted by Crippen LogP contribution is -2.42. The minimum absolute atomic E-state index is 0.124. The molecule has 9 heteroatoms. The summed E-state index contributed by atoms with van der Waals surface area (Å²) in [6.45, 7) is 5.36. The molecule has 0 aliphatic carbocycles. The standard InChI is InChI=1S/C24H32N6O3/c1-17(31)30-9-4-18(5-10-30)11-20-12-22(28-16-27-20)24(33)26-13-21(32)14-29-8-6-19-3-2-7-25-23(19)15-29/h2-3,7,12,16,18,21,32H,4-6,8-11,13-15H2,1H3,(H,26,33)/t21-/m0/s1. The third-order valence-corrected chi connectivity index (χ3v) is 6.54. The van der Waals surface area contributed by atoms with E-state index in [1.165, 1.54) is 11.9 Å². The Labute approximate surface area is 194 Å². The fourth-order valence-electron chi connectivity index (χ4n) is 4.61. The second-order valence-corrected chi connectivity index (χ2v) is 9.01. The molecule has 0 radical (unpaired) electrons. The van der Waals surface area contributed by atoms with Gasteiger partial charge in [0.25, 0.3) is 5.91 Å². The second kappa shape index (κ2) is 10.8. The Hall–Kier alpha value is -2.91. The van der Waals surface area contributed by atoms with Crippen molar-refractivity contribution < 1.29 is 14.7 Å². The molecule has 9 nitrogen and oxygen atoms in total. The van der Waals surface area contributed by atoms with Gasteiger partial charge in [-0.2, -0.15) is 0 Å². The Kier molecular flexibility index (Phi) is 7.61. The highest BCUT2D eigenvalue weighted by atomic mass is 16.3. The number of hydrogen-bond acceptors (Lipinski definition) is 7. The lowest BCUT2D eigenvalue weighted by atomic mass is 9.92. The molecule has 2 aromatic heterocycles. The number of likely N-dealkylation sites (tertiary alicyclic amines) is 1. The summed E-state index contributed by atoms with van der Waals surface area (Å²) >= 11 is 0. The average Bonchev–Trinajstić information content (AvgIpc) is 2.83. The molecular weight excluding hydrogens is 420 g/mol. The smallest absolute Gasteiger partial charge is 0.270 e. The molecule has 0 spiro atoms. The molecule has 2 amide bonds. The highest BCUT2D eigenvalue weighted by Gasteiger charge is 2.22. The highest BCUT2D eigenvalue weighted by Crippen LogP contribution is 2.21. The molecule has 1 saturated heterocycles. The van der Waals surface area contributed by atoms with Crippen LogP contribution in [-0.2, 0) is 24.2 Å². The Morgan fingerprint density at radius 3 is 2.82 bits per heavy atom. The molecule has 176 valence electrons. The number of nitrogens with one attached hydrogen (secondary N) is 1. The molecule has 2 aliphatic heterocycles. The molecular formula is C24H32N6O3. The second-order valence-electron chi connectivity index (χ2n) is 9.01. The number of hydrogen-bond donors (Lipinski definition) is 2. The Morgan fingerprint density at radius 1 is 1.21 bits per heavy atom. The van der Waals surface area contributed by atoms with Gasteiger partial charge in [0, 0.05) is 58.1 Å². The predicted molar refractivity (Wildman–Crippen MR) is 122 cm³/mol. The molecule has 0 saturated carbocycles. The number of carbonyl (C=O) groups excluding carboxylic acids is 2. The molecule has 4 heterocycles. The summed E-state index contributed by atoms with van der Waals surface area (Å²) in [5.41, 5.74) is 3.46. The summed E-state index contributed by atoms with van der Waals surface area (Å²) in [6.07, 6.45) is 6.10. The van der Waals surface area contributed by atoms with Crippen LogP contribution in [0.5, 0.6) is 0 Å². The van der Waals surface area contributed by atoms with E-state index in [0.717, 1.165) is 56.7 Å². The van der Waals surface area contributed by atoms with E-state index in [1.807, 2.05) is 11.0 Å². The average molecular weight is 453 g/mol. The zero-order valence-electron chi connectivity index (χ0n) is 19.1. The molecule has 1 atom stereocenters. The van der Waals surface area contributed by atoms with E-state index >= 15 is 0 Å². The number of fused-ring (bicyclic) bond motifs is 1. The van der Waals surface area contributed by atoms with Crippen LogP contribution in [0.25, 0.3) is 0 Å². The lowest BCUT2D eigenvalue weighted by Gasteiger charge is -2.31. The van der Waals surface area contributed by atoms with E-state index < -0.39 is 6.10 Å². The van der Waals surface area contributed by atoms with Crippen LogP contribution in [0.4, 0.5) is 0 Å². The molecule has 33 heavy (non-hydrogen) atoms. The van der Waals surface area contributed by atoms with Crippen LogP contribution in [0.15, 0.2) is 30.7 Å². The van der Waals surface area contributed by atoms with Crippen molar-refractivity contribution in [3.8, 4) is 0 Å². The number of piperidine rings is 1. The maximum absolute atomic E-state index is 12.6. The first kappa shape index (κ1) is 23.3. The monoisotopic (exact) mass is 452 g/mol. The third kappa shape index (κ3) is 6.33. The number of rotatable bonds is 7. The van der Waals surface area contributed by atoms with Crippen molar-refractivity contribution in [2.24, 2.45) is 5.92 Å². The summed E-state index contributed by atoms with van der Waals surface area (Å²) in [5.74, 6) is 0.255. The highest BCUT2D eigenvalue weighted by molar-refractivity contribution is 5.92. The van der Waals surface area contributed by atoms with Crippen molar-refractivity contribution in [2.45, 2.75) is 45.3 Å². The van der Waals surface area contributed by atoms with Crippen LogP contribution < -0.4 is 5.32 Å². The van der Waals surface area contributed by atoms with Gasteiger partial charge in [0.15, 0.2) is 0 Å². The third-order valence-electron chi connectivity index (χ3n) is 6.54. The van der Waals surface area contributed by atoms with Crippen LogP contribution in [0.3, 0.4) is 0 Å². The van der Waals surface area contributed by atoms with Crippen molar-refractivity contribution in [3.63, 3.8) is 0 Å². The number of amides is 2. The molecule has 2 aromatic rings. The number of aliphatic hydroxyl groups is 1. The fraction of sp³-hybridized carbons (Fsp3) is 0.542. The molecule has 0 aromatic carbocycles. The minimum Gasteiger partial charge on any atom is -0.390 e. The maximum Gasteiger partial charge on any atom is 0.270 e. The van der Waals surface area contributed by atoms with Crippen molar-refractivity contribution in [2.75, 3.05) is 32.7 Å². The quantitative estimate of drug-likeness (QED) is 0.640. The Morgan fingerprint density at radius 2 is 2.03 bits per heavy atom. The van der Waals surface area contributed by atoms with Crippen molar-refractivity contribution >= 4 is 11.8 Å². The molecule has 2 N–H and O–H groups in total. The van der Waals surface area contributed by atoms with Crippen LogP contribution >= 0.6 is 0 Å². The number of aromatic nitrogens is 3. The maximum atomic E-state index is 12.6. The van der Waals surface area contributed by atoms with Crippen LogP contribution in [0, 0.1) is 5.92 Å². The topological polar surface area (TPSA) is 112 Å². The van der Waals surface area contributed by atoms with E-state index in [4.69, 9.17) is 0 Å². The van der Waals surface area contributed by atoms with Crippen LogP contribution in [-0.4, -0.2) is 80.5 Å². The molecule has 0 bridgehead atoms. The summed E-state index contributed by atoms with van der Waals surface area (Å²) in [5, 5.41) is 13.2. The summed E-state index contributed by atoms with van der Waals surface area (Å²) < 4.78 is 0. The van der Waals surface area contributed by atoms with Gasteiger partial charge in [0.2, 0.25) is 5.91 Å². The van der Waals surface area contributed by atoms with E-state index in [1.54, 1.807) is 19.2 Å². The van der Waals surface area contributed by atoms with Gasteiger partial charge in [0.1, 0.15) is 12.0 Å². The molecule has 4 rings (SSSR count). The van der Waals surface area contributed by atoms with E-state index in [9.17, 15) is 14.7 Å². The largest absolute Gasteiger partial charge is 0.390 e. The fourth-order valence-corrected chi connectivity index (χ4v) is 4.61. The SMILES string of the molecule is CC(=O)N1CCC(Cc2cc(C(=O)NC[C@H](O)CN3CCc4cccnc4C3)ncn2)CC1. The first-order chi connectivity index (χ1) is 16.0. The van der Waals surface area contributed by atoms with Crippen molar-refractivity contribution in [3.05, 3.63) is 53.4 Å². The molecule has 0 unspecified atom stereocenters. The first-order valence-corrected chi connectivity index (χ1v) is 11.7. The zero-order chi connectivity index (χ0) is 23.2. The zero-order valence-corrected chi connectivity index (χ0v) is 19.1.